The highest BCUT2D eigenvalue weighted by atomic mass is 35.5. The lowest BCUT2D eigenvalue weighted by Crippen LogP contribution is -2.31. The van der Waals surface area contributed by atoms with Crippen molar-refractivity contribution >= 4 is 23.4 Å². The van der Waals surface area contributed by atoms with Gasteiger partial charge in [-0.15, -0.1) is 0 Å². The van der Waals surface area contributed by atoms with Gasteiger partial charge in [0.15, 0.2) is 0 Å². The standard InChI is InChI=1S/C15H19ClN4O/c1-10(8-11-6-4-5-7-12(11)21-3)20(2)14-9-13(16)18-15(17)19-14/h4-7,9-10H,8H2,1-3H3,(H2,17,18,19). The number of nitrogens with two attached hydrogens (primary N) is 1. The van der Waals surface area contributed by atoms with E-state index < -0.39 is 0 Å². The largest absolute Gasteiger partial charge is 0.496 e. The molecular formula is C15H19ClN4O. The van der Waals surface area contributed by atoms with Gasteiger partial charge in [0, 0.05) is 19.2 Å². The topological polar surface area (TPSA) is 64.3 Å². The first-order valence-electron chi connectivity index (χ1n) is 6.66. The van der Waals surface area contributed by atoms with Gasteiger partial charge in [0.05, 0.1) is 7.11 Å². The number of benzene rings is 1. The maximum Gasteiger partial charge on any atom is 0.223 e. The van der Waals surface area contributed by atoms with Crippen LogP contribution in [0.2, 0.25) is 5.15 Å². The first-order chi connectivity index (χ1) is 10.0. The number of likely N-dealkylation sites (N-methyl/N-ethyl adjacent to an activating group) is 1. The van der Waals surface area contributed by atoms with E-state index in [9.17, 15) is 0 Å². The van der Waals surface area contributed by atoms with Gasteiger partial charge < -0.3 is 15.4 Å². The van der Waals surface area contributed by atoms with Crippen molar-refractivity contribution in [1.29, 1.82) is 0 Å². The number of aromatic nitrogens is 2. The molecule has 0 amide bonds. The summed E-state index contributed by atoms with van der Waals surface area (Å²) in [5.74, 6) is 1.77. The fourth-order valence-electron chi connectivity index (χ4n) is 2.16. The van der Waals surface area contributed by atoms with Crippen LogP contribution in [0.15, 0.2) is 30.3 Å². The Balaban J connectivity index is 2.17. The molecule has 6 heteroatoms. The predicted molar refractivity (Wildman–Crippen MR) is 86.0 cm³/mol. The number of anilines is 2. The molecule has 112 valence electrons. The van der Waals surface area contributed by atoms with Crippen molar-refractivity contribution in [3.8, 4) is 5.75 Å². The zero-order valence-electron chi connectivity index (χ0n) is 12.4. The number of methoxy groups -OCH3 is 1. The molecule has 0 aliphatic carbocycles. The van der Waals surface area contributed by atoms with Crippen molar-refractivity contribution in [3.05, 3.63) is 41.0 Å². The number of hydrogen-bond donors (Lipinski definition) is 1. The van der Waals surface area contributed by atoms with Crippen LogP contribution in [0, 0.1) is 0 Å². The summed E-state index contributed by atoms with van der Waals surface area (Å²) >= 11 is 5.93. The van der Waals surface area contributed by atoms with Crippen LogP contribution in [0.4, 0.5) is 11.8 Å². The van der Waals surface area contributed by atoms with Gasteiger partial charge in [-0.1, -0.05) is 29.8 Å². The molecule has 2 rings (SSSR count). The fourth-order valence-corrected chi connectivity index (χ4v) is 2.34. The molecule has 1 aromatic carbocycles. The summed E-state index contributed by atoms with van der Waals surface area (Å²) in [6, 6.07) is 9.89. The number of hydrogen-bond acceptors (Lipinski definition) is 5. The van der Waals surface area contributed by atoms with E-state index in [-0.39, 0.29) is 12.0 Å². The van der Waals surface area contributed by atoms with E-state index in [2.05, 4.69) is 23.0 Å². The molecule has 0 radical (unpaired) electrons. The summed E-state index contributed by atoms with van der Waals surface area (Å²) in [7, 11) is 3.64. The molecule has 0 bridgehead atoms. The van der Waals surface area contributed by atoms with E-state index in [1.165, 1.54) is 0 Å². The molecule has 0 aliphatic heterocycles. The van der Waals surface area contributed by atoms with Crippen LogP contribution in [-0.4, -0.2) is 30.2 Å². The van der Waals surface area contributed by atoms with Gasteiger partial charge in [-0.3, -0.25) is 0 Å². The molecular weight excluding hydrogens is 288 g/mol. The Hall–Kier alpha value is -2.01. The number of para-hydroxylation sites is 1. The lowest BCUT2D eigenvalue weighted by Gasteiger charge is -2.26. The van der Waals surface area contributed by atoms with E-state index in [1.54, 1.807) is 13.2 Å². The van der Waals surface area contributed by atoms with Gasteiger partial charge in [-0.25, -0.2) is 4.98 Å². The zero-order chi connectivity index (χ0) is 15.4. The highest BCUT2D eigenvalue weighted by molar-refractivity contribution is 6.29. The third-order valence-corrected chi connectivity index (χ3v) is 3.62. The van der Waals surface area contributed by atoms with Crippen LogP contribution in [0.3, 0.4) is 0 Å². The highest BCUT2D eigenvalue weighted by Crippen LogP contribution is 2.23. The van der Waals surface area contributed by atoms with Gasteiger partial charge >= 0.3 is 0 Å². The second-order valence-corrected chi connectivity index (χ2v) is 5.27. The Morgan fingerprint density at radius 1 is 1.33 bits per heavy atom. The number of nitrogen functional groups attached to an aromatic ring is 1. The second kappa shape index (κ2) is 6.63. The second-order valence-electron chi connectivity index (χ2n) is 4.88. The van der Waals surface area contributed by atoms with E-state index >= 15 is 0 Å². The number of halogens is 1. The molecule has 1 unspecified atom stereocenters. The minimum atomic E-state index is 0.175. The van der Waals surface area contributed by atoms with E-state index in [1.807, 2.05) is 30.1 Å². The summed E-state index contributed by atoms with van der Waals surface area (Å²) < 4.78 is 5.38. The first-order valence-corrected chi connectivity index (χ1v) is 7.04. The summed E-state index contributed by atoms with van der Waals surface area (Å²) in [6.45, 7) is 2.11. The molecule has 1 atom stereocenters. The molecule has 1 aromatic heterocycles. The molecule has 5 nitrogen and oxygen atoms in total. The third-order valence-electron chi connectivity index (χ3n) is 3.43. The van der Waals surface area contributed by atoms with Crippen molar-refractivity contribution in [2.45, 2.75) is 19.4 Å². The van der Waals surface area contributed by atoms with Crippen molar-refractivity contribution < 1.29 is 4.74 Å². The summed E-state index contributed by atoms with van der Waals surface area (Å²) in [4.78, 5) is 10.1. The van der Waals surface area contributed by atoms with Crippen molar-refractivity contribution in [1.82, 2.24) is 9.97 Å². The van der Waals surface area contributed by atoms with Gasteiger partial charge in [0.1, 0.15) is 16.7 Å². The lowest BCUT2D eigenvalue weighted by atomic mass is 10.1. The molecule has 0 fully saturated rings. The maximum absolute atomic E-state index is 5.93. The van der Waals surface area contributed by atoms with Crippen molar-refractivity contribution in [3.63, 3.8) is 0 Å². The lowest BCUT2D eigenvalue weighted by molar-refractivity contribution is 0.408. The number of ether oxygens (including phenoxy) is 1. The molecule has 0 saturated carbocycles. The van der Waals surface area contributed by atoms with Crippen LogP contribution in [0.1, 0.15) is 12.5 Å². The molecule has 0 aliphatic rings. The minimum absolute atomic E-state index is 0.175. The summed E-state index contributed by atoms with van der Waals surface area (Å²) in [5, 5.41) is 0.342. The van der Waals surface area contributed by atoms with E-state index in [0.717, 1.165) is 17.7 Å². The zero-order valence-corrected chi connectivity index (χ0v) is 13.1. The molecule has 0 spiro atoms. The first kappa shape index (κ1) is 15.4. The quantitative estimate of drug-likeness (QED) is 0.861. The van der Waals surface area contributed by atoms with Crippen LogP contribution in [0.5, 0.6) is 5.75 Å². The molecule has 2 N–H and O–H groups in total. The Kier molecular flexibility index (Phi) is 4.85. The van der Waals surface area contributed by atoms with Gasteiger partial charge in [0.2, 0.25) is 5.95 Å². The average molecular weight is 307 g/mol. The minimum Gasteiger partial charge on any atom is -0.496 e. The molecule has 0 saturated heterocycles. The molecule has 1 heterocycles. The predicted octanol–water partition coefficient (Wildman–Crippen LogP) is 2.79. The normalized spacial score (nSPS) is 12.0. The average Bonchev–Trinajstić information content (AvgIpc) is 2.46. The monoisotopic (exact) mass is 306 g/mol. The Morgan fingerprint density at radius 3 is 2.71 bits per heavy atom. The molecule has 2 aromatic rings. The highest BCUT2D eigenvalue weighted by Gasteiger charge is 2.15. The SMILES string of the molecule is COc1ccccc1CC(C)N(C)c1cc(Cl)nc(N)n1. The fraction of sp³-hybridized carbons (Fsp3) is 0.333. The van der Waals surface area contributed by atoms with Crippen LogP contribution >= 0.6 is 11.6 Å². The smallest absolute Gasteiger partial charge is 0.223 e. The van der Waals surface area contributed by atoms with Crippen LogP contribution < -0.4 is 15.4 Å². The number of nitrogens with zero attached hydrogens (tertiary/aromatic N) is 3. The van der Waals surface area contributed by atoms with Crippen LogP contribution in [0.25, 0.3) is 0 Å². The van der Waals surface area contributed by atoms with E-state index in [4.69, 9.17) is 22.1 Å². The summed E-state index contributed by atoms with van der Waals surface area (Å²) in [5.41, 5.74) is 6.79. The number of rotatable bonds is 5. The van der Waals surface area contributed by atoms with Gasteiger partial charge in [0.25, 0.3) is 0 Å². The Bertz CT molecular complexity index is 600. The Morgan fingerprint density at radius 2 is 2.05 bits per heavy atom. The Labute approximate surface area is 129 Å². The van der Waals surface area contributed by atoms with Crippen LogP contribution in [-0.2, 0) is 6.42 Å². The van der Waals surface area contributed by atoms with Crippen molar-refractivity contribution in [2.24, 2.45) is 0 Å². The maximum atomic E-state index is 5.93. The summed E-state index contributed by atoms with van der Waals surface area (Å²) in [6.07, 6.45) is 0.821. The molecule has 21 heavy (non-hydrogen) atoms. The van der Waals surface area contributed by atoms with E-state index in [0.29, 0.717) is 11.0 Å². The van der Waals surface area contributed by atoms with Crippen molar-refractivity contribution in [2.75, 3.05) is 24.8 Å². The van der Waals surface area contributed by atoms with Gasteiger partial charge in [-0.05, 0) is 25.0 Å². The van der Waals surface area contributed by atoms with Gasteiger partial charge in [-0.2, -0.15) is 4.98 Å². The third kappa shape index (κ3) is 3.76.